The molecular weight excluding hydrogens is 629 g/mol. The predicted molar refractivity (Wildman–Crippen MR) is 221 cm³/mol. The molecule has 10 aromatic carbocycles. The standard InChI is InChI=1S/C50H30N2/c1-2-15-32(16-3-1)50-51-46(30-47(52-50)49-35-19-7-5-17-33(35)28-43-34-18-6-4-14-31(34)26-27-42(43)49)44-29-45-38-22-9-8-20-36(38)37-21-10-12-24-40(37)48(45)41-25-13-11-23-39(41)44/h1-30H. The second-order valence-corrected chi connectivity index (χ2v) is 13.7. The molecule has 0 bridgehead atoms. The number of hydrogen-bond acceptors (Lipinski definition) is 2. The molecule has 0 atom stereocenters. The van der Waals surface area contributed by atoms with Gasteiger partial charge in [0.05, 0.1) is 11.4 Å². The van der Waals surface area contributed by atoms with Gasteiger partial charge >= 0.3 is 0 Å². The first-order chi connectivity index (χ1) is 25.8. The summed E-state index contributed by atoms with van der Waals surface area (Å²) in [6.07, 6.45) is 0. The number of hydrogen-bond donors (Lipinski definition) is 0. The molecule has 11 aromatic rings. The maximum atomic E-state index is 5.40. The highest BCUT2D eigenvalue weighted by molar-refractivity contribution is 6.33. The first-order valence-corrected chi connectivity index (χ1v) is 17.8. The van der Waals surface area contributed by atoms with Crippen LogP contribution < -0.4 is 0 Å². The van der Waals surface area contributed by atoms with E-state index in [9.17, 15) is 0 Å². The van der Waals surface area contributed by atoms with Gasteiger partial charge in [0.1, 0.15) is 0 Å². The Morgan fingerprint density at radius 2 is 0.827 bits per heavy atom. The van der Waals surface area contributed by atoms with Crippen molar-refractivity contribution in [1.29, 1.82) is 0 Å². The van der Waals surface area contributed by atoms with Gasteiger partial charge in [-0.25, -0.2) is 9.97 Å². The SMILES string of the molecule is c1ccc(-c2nc(-c3c4ccccc4cc4c3ccc3ccccc34)cc(-c3cc4c5ccccc5c5ccccc5c4c4ccccc34)n2)cc1. The predicted octanol–water partition coefficient (Wildman–Crippen LogP) is 13.5. The third kappa shape index (κ3) is 4.31. The molecule has 2 heteroatoms. The minimum atomic E-state index is 0.711. The molecule has 240 valence electrons. The topological polar surface area (TPSA) is 25.8 Å². The number of rotatable bonds is 3. The van der Waals surface area contributed by atoms with Crippen LogP contribution in [0.15, 0.2) is 182 Å². The van der Waals surface area contributed by atoms with E-state index in [1.54, 1.807) is 0 Å². The van der Waals surface area contributed by atoms with E-state index >= 15 is 0 Å². The summed E-state index contributed by atoms with van der Waals surface area (Å²) in [7, 11) is 0. The highest BCUT2D eigenvalue weighted by Crippen LogP contribution is 2.44. The lowest BCUT2D eigenvalue weighted by molar-refractivity contribution is 1.19. The molecule has 0 fully saturated rings. The van der Waals surface area contributed by atoms with E-state index in [0.717, 1.165) is 28.1 Å². The fourth-order valence-corrected chi connectivity index (χ4v) is 8.50. The highest BCUT2D eigenvalue weighted by atomic mass is 14.9. The normalized spacial score (nSPS) is 11.8. The minimum absolute atomic E-state index is 0.711. The first-order valence-electron chi connectivity index (χ1n) is 17.8. The molecule has 0 N–H and O–H groups in total. The van der Waals surface area contributed by atoms with Crippen molar-refractivity contribution >= 4 is 75.4 Å². The molecular formula is C50H30N2. The van der Waals surface area contributed by atoms with Crippen molar-refractivity contribution in [1.82, 2.24) is 9.97 Å². The summed E-state index contributed by atoms with van der Waals surface area (Å²) in [6.45, 7) is 0. The number of aromatic nitrogens is 2. The second kappa shape index (κ2) is 11.3. The number of nitrogens with zero attached hydrogens (tertiary/aromatic N) is 2. The largest absolute Gasteiger partial charge is 0.228 e. The van der Waals surface area contributed by atoms with E-state index in [2.05, 4.69) is 176 Å². The third-order valence-electron chi connectivity index (χ3n) is 10.8. The maximum absolute atomic E-state index is 5.40. The van der Waals surface area contributed by atoms with Gasteiger partial charge < -0.3 is 0 Å². The highest BCUT2D eigenvalue weighted by Gasteiger charge is 2.20. The Morgan fingerprint density at radius 3 is 1.58 bits per heavy atom. The molecule has 0 aliphatic carbocycles. The van der Waals surface area contributed by atoms with Gasteiger partial charge in [0.25, 0.3) is 0 Å². The third-order valence-corrected chi connectivity index (χ3v) is 10.8. The second-order valence-electron chi connectivity index (χ2n) is 13.7. The van der Waals surface area contributed by atoms with Crippen LogP contribution in [-0.4, -0.2) is 9.97 Å². The molecule has 1 heterocycles. The Balaban J connectivity index is 1.29. The van der Waals surface area contributed by atoms with Crippen molar-refractivity contribution in [2.45, 2.75) is 0 Å². The Kier molecular flexibility index (Phi) is 6.28. The van der Waals surface area contributed by atoms with Crippen molar-refractivity contribution in [2.75, 3.05) is 0 Å². The fourth-order valence-electron chi connectivity index (χ4n) is 8.50. The van der Waals surface area contributed by atoms with Gasteiger partial charge in [0, 0.05) is 16.7 Å². The lowest BCUT2D eigenvalue weighted by Crippen LogP contribution is -1.98. The summed E-state index contributed by atoms with van der Waals surface area (Å²) in [4.78, 5) is 10.8. The van der Waals surface area contributed by atoms with Gasteiger partial charge in [0.2, 0.25) is 0 Å². The molecule has 0 aliphatic heterocycles. The molecule has 0 spiro atoms. The van der Waals surface area contributed by atoms with E-state index < -0.39 is 0 Å². The summed E-state index contributed by atoms with van der Waals surface area (Å²) < 4.78 is 0. The zero-order valence-corrected chi connectivity index (χ0v) is 28.2. The van der Waals surface area contributed by atoms with E-state index in [-0.39, 0.29) is 0 Å². The number of fused-ring (bicyclic) bond motifs is 12. The average Bonchev–Trinajstić information content (AvgIpc) is 3.22. The van der Waals surface area contributed by atoms with Crippen LogP contribution in [0.2, 0.25) is 0 Å². The van der Waals surface area contributed by atoms with E-state index in [1.807, 2.05) is 6.07 Å². The van der Waals surface area contributed by atoms with Crippen LogP contribution >= 0.6 is 0 Å². The van der Waals surface area contributed by atoms with Crippen LogP contribution in [0.5, 0.6) is 0 Å². The summed E-state index contributed by atoms with van der Waals surface area (Å²) in [6, 6.07) is 65.6. The molecule has 1 aromatic heterocycles. The van der Waals surface area contributed by atoms with Gasteiger partial charge in [-0.1, -0.05) is 164 Å². The van der Waals surface area contributed by atoms with Crippen molar-refractivity contribution in [3.8, 4) is 33.9 Å². The summed E-state index contributed by atoms with van der Waals surface area (Å²) >= 11 is 0. The Hall–Kier alpha value is -6.90. The Labute approximate surface area is 300 Å². The molecule has 2 nitrogen and oxygen atoms in total. The van der Waals surface area contributed by atoms with Crippen LogP contribution in [0.25, 0.3) is 109 Å². The monoisotopic (exact) mass is 658 g/mol. The molecule has 11 rings (SSSR count). The zero-order chi connectivity index (χ0) is 34.2. The van der Waals surface area contributed by atoms with Gasteiger partial charge in [0.15, 0.2) is 5.82 Å². The van der Waals surface area contributed by atoms with Gasteiger partial charge in [-0.05, 0) is 93.6 Å². The summed E-state index contributed by atoms with van der Waals surface area (Å²) in [5.74, 6) is 0.711. The minimum Gasteiger partial charge on any atom is -0.228 e. The van der Waals surface area contributed by atoms with E-state index in [0.29, 0.717) is 5.82 Å². The van der Waals surface area contributed by atoms with Crippen LogP contribution in [-0.2, 0) is 0 Å². The zero-order valence-electron chi connectivity index (χ0n) is 28.2. The lowest BCUT2D eigenvalue weighted by atomic mass is 9.88. The summed E-state index contributed by atoms with van der Waals surface area (Å²) in [5.41, 5.74) is 5.03. The lowest BCUT2D eigenvalue weighted by Gasteiger charge is -2.18. The average molecular weight is 659 g/mol. The van der Waals surface area contributed by atoms with Gasteiger partial charge in [-0.15, -0.1) is 0 Å². The molecule has 0 unspecified atom stereocenters. The number of benzene rings is 10. The maximum Gasteiger partial charge on any atom is 0.160 e. The van der Waals surface area contributed by atoms with Crippen molar-refractivity contribution in [3.63, 3.8) is 0 Å². The van der Waals surface area contributed by atoms with Crippen LogP contribution in [0.4, 0.5) is 0 Å². The van der Waals surface area contributed by atoms with Crippen molar-refractivity contribution < 1.29 is 0 Å². The fraction of sp³-hybridized carbons (Fsp3) is 0. The van der Waals surface area contributed by atoms with E-state index in [1.165, 1.54) is 75.4 Å². The van der Waals surface area contributed by atoms with Crippen LogP contribution in [0.3, 0.4) is 0 Å². The van der Waals surface area contributed by atoms with Crippen molar-refractivity contribution in [3.05, 3.63) is 182 Å². The van der Waals surface area contributed by atoms with Gasteiger partial charge in [-0.3, -0.25) is 0 Å². The molecule has 0 amide bonds. The Bertz CT molecular complexity index is 3230. The molecule has 52 heavy (non-hydrogen) atoms. The quantitative estimate of drug-likeness (QED) is 0.139. The molecule has 0 aliphatic rings. The van der Waals surface area contributed by atoms with E-state index in [4.69, 9.17) is 9.97 Å². The smallest absolute Gasteiger partial charge is 0.160 e. The van der Waals surface area contributed by atoms with Crippen molar-refractivity contribution in [2.24, 2.45) is 0 Å². The molecule has 0 radical (unpaired) electrons. The Morgan fingerprint density at radius 1 is 0.288 bits per heavy atom. The molecule has 0 saturated heterocycles. The molecule has 0 saturated carbocycles. The summed E-state index contributed by atoms with van der Waals surface area (Å²) in [5, 5.41) is 17.2. The first kappa shape index (κ1) is 28.9. The van der Waals surface area contributed by atoms with Gasteiger partial charge in [-0.2, -0.15) is 0 Å². The van der Waals surface area contributed by atoms with Crippen LogP contribution in [0.1, 0.15) is 0 Å². The van der Waals surface area contributed by atoms with Crippen LogP contribution in [0, 0.1) is 0 Å².